The van der Waals surface area contributed by atoms with Gasteiger partial charge in [-0.1, -0.05) is 20.8 Å². The van der Waals surface area contributed by atoms with E-state index in [1.807, 2.05) is 20.8 Å². The quantitative estimate of drug-likeness (QED) is 0.513. The fourth-order valence-electron chi connectivity index (χ4n) is 1.70. The summed E-state index contributed by atoms with van der Waals surface area (Å²) >= 11 is 0. The van der Waals surface area contributed by atoms with Crippen LogP contribution >= 0.6 is 0 Å². The monoisotopic (exact) mass is 347 g/mol. The highest BCUT2D eigenvalue weighted by Crippen LogP contribution is 2.36. The van der Waals surface area contributed by atoms with E-state index in [4.69, 9.17) is 14.3 Å². The van der Waals surface area contributed by atoms with E-state index in [9.17, 15) is 4.79 Å². The second-order valence-corrected chi connectivity index (χ2v) is 13.4. The number of nitrogens with one attached hydrogen (secondary N) is 1. The van der Waals surface area contributed by atoms with Crippen molar-refractivity contribution in [3.8, 4) is 0 Å². The Labute approximate surface area is 143 Å². The zero-order chi connectivity index (χ0) is 18.3. The topological polar surface area (TPSA) is 67.8 Å². The minimum absolute atomic E-state index is 0.0921. The van der Waals surface area contributed by atoms with Crippen LogP contribution in [0.25, 0.3) is 0 Å². The zero-order valence-electron chi connectivity index (χ0n) is 16.3. The number of carbonyl (C=O) groups excluding carboxylic acids is 1. The van der Waals surface area contributed by atoms with E-state index >= 15 is 0 Å². The van der Waals surface area contributed by atoms with Crippen LogP contribution in [-0.2, 0) is 9.16 Å². The first kappa shape index (κ1) is 22.4. The van der Waals surface area contributed by atoms with Crippen molar-refractivity contribution in [1.29, 1.82) is 0 Å². The van der Waals surface area contributed by atoms with Gasteiger partial charge in [-0.2, -0.15) is 0 Å². The van der Waals surface area contributed by atoms with Gasteiger partial charge in [0.05, 0.1) is 12.6 Å². The Kier molecular flexibility index (Phi) is 8.80. The van der Waals surface area contributed by atoms with Crippen LogP contribution in [0.3, 0.4) is 0 Å². The Morgan fingerprint density at radius 2 is 1.70 bits per heavy atom. The summed E-state index contributed by atoms with van der Waals surface area (Å²) in [6.07, 6.45) is 1.93. The van der Waals surface area contributed by atoms with E-state index in [-0.39, 0.29) is 17.7 Å². The van der Waals surface area contributed by atoms with Gasteiger partial charge in [-0.05, 0) is 58.2 Å². The van der Waals surface area contributed by atoms with Crippen molar-refractivity contribution in [2.45, 2.75) is 90.6 Å². The van der Waals surface area contributed by atoms with E-state index in [1.54, 1.807) is 0 Å². The van der Waals surface area contributed by atoms with E-state index in [2.05, 4.69) is 39.2 Å². The number of hydrogen-bond acceptors (Lipinski definition) is 4. The zero-order valence-corrected chi connectivity index (χ0v) is 17.3. The third-order valence-electron chi connectivity index (χ3n) is 4.13. The first-order valence-electron chi connectivity index (χ1n) is 8.53. The van der Waals surface area contributed by atoms with Gasteiger partial charge < -0.3 is 19.6 Å². The van der Waals surface area contributed by atoms with Gasteiger partial charge in [0.15, 0.2) is 8.32 Å². The van der Waals surface area contributed by atoms with Gasteiger partial charge in [0.1, 0.15) is 5.60 Å². The lowest BCUT2D eigenvalue weighted by atomic mass is 10.1. The maximum Gasteiger partial charge on any atom is 0.407 e. The molecule has 0 heterocycles. The van der Waals surface area contributed by atoms with Gasteiger partial charge in [-0.25, -0.2) is 4.79 Å². The number of hydrogen-bond donors (Lipinski definition) is 2. The van der Waals surface area contributed by atoms with Crippen molar-refractivity contribution in [1.82, 2.24) is 5.32 Å². The molecule has 0 aromatic heterocycles. The fraction of sp³-hybridized carbons (Fsp3) is 0.941. The molecule has 0 aromatic carbocycles. The molecule has 0 aromatic rings. The predicted molar refractivity (Wildman–Crippen MR) is 97.2 cm³/mol. The van der Waals surface area contributed by atoms with Crippen molar-refractivity contribution >= 4 is 14.4 Å². The number of carbonyl (C=O) groups is 1. The third kappa shape index (κ3) is 9.99. The first-order chi connectivity index (χ1) is 10.3. The normalized spacial score (nSPS) is 14.5. The molecule has 0 aliphatic rings. The summed E-state index contributed by atoms with van der Waals surface area (Å²) < 4.78 is 11.6. The van der Waals surface area contributed by atoms with Crippen LogP contribution in [0.4, 0.5) is 4.79 Å². The minimum atomic E-state index is -1.85. The van der Waals surface area contributed by atoms with Crippen LogP contribution in [0.2, 0.25) is 18.1 Å². The van der Waals surface area contributed by atoms with Crippen molar-refractivity contribution in [2.24, 2.45) is 0 Å². The molecule has 6 heteroatoms. The second kappa shape index (κ2) is 9.04. The molecule has 1 amide bonds. The molecular formula is C17H37NO4Si. The number of aliphatic hydroxyl groups excluding tert-OH is 1. The van der Waals surface area contributed by atoms with E-state index in [0.717, 1.165) is 19.3 Å². The summed E-state index contributed by atoms with van der Waals surface area (Å²) in [4.78, 5) is 12.0. The molecule has 0 saturated carbocycles. The lowest BCUT2D eigenvalue weighted by Crippen LogP contribution is -2.47. The van der Waals surface area contributed by atoms with Crippen molar-refractivity contribution < 1.29 is 19.1 Å². The molecule has 138 valence electrons. The molecule has 23 heavy (non-hydrogen) atoms. The molecule has 5 nitrogen and oxygen atoms in total. The smallest absolute Gasteiger partial charge is 0.407 e. The molecule has 1 atom stereocenters. The highest BCUT2D eigenvalue weighted by molar-refractivity contribution is 6.74. The van der Waals surface area contributed by atoms with Gasteiger partial charge in [-0.15, -0.1) is 0 Å². The summed E-state index contributed by atoms with van der Waals surface area (Å²) in [5.74, 6) is 0. The maximum absolute atomic E-state index is 12.0. The van der Waals surface area contributed by atoms with Gasteiger partial charge in [0.2, 0.25) is 0 Å². The van der Waals surface area contributed by atoms with Crippen LogP contribution in [0, 0.1) is 0 Å². The van der Waals surface area contributed by atoms with E-state index in [1.165, 1.54) is 0 Å². The van der Waals surface area contributed by atoms with E-state index in [0.29, 0.717) is 6.61 Å². The Hall–Kier alpha value is -0.593. The van der Waals surface area contributed by atoms with Gasteiger partial charge in [0.25, 0.3) is 0 Å². The SMILES string of the molecule is CC(C)(C)OC(=O)N[C@@H](CCCCO)CO[Si](C)(C)C(C)(C)C. The number of amides is 1. The summed E-state index contributed by atoms with van der Waals surface area (Å²) in [5.41, 5.74) is -0.514. The minimum Gasteiger partial charge on any atom is -0.444 e. The van der Waals surface area contributed by atoms with Crippen molar-refractivity contribution in [2.75, 3.05) is 13.2 Å². The maximum atomic E-state index is 12.0. The number of aliphatic hydroxyl groups is 1. The Morgan fingerprint density at radius 3 is 2.13 bits per heavy atom. The molecule has 0 unspecified atom stereocenters. The Bertz CT molecular complexity index is 359. The standard InChI is InChI=1S/C17H37NO4Si/c1-16(2,3)22-15(20)18-14(11-9-10-12-19)13-21-23(7,8)17(4,5)6/h14,19H,9-13H2,1-8H3,(H,18,20)/t14-/m0/s1. The summed E-state index contributed by atoms with van der Waals surface area (Å²) in [6.45, 7) is 17.2. The second-order valence-electron chi connectivity index (χ2n) is 8.63. The fourth-order valence-corrected chi connectivity index (χ4v) is 2.75. The van der Waals surface area contributed by atoms with Crippen molar-refractivity contribution in [3.63, 3.8) is 0 Å². The van der Waals surface area contributed by atoms with Crippen LogP contribution in [0.15, 0.2) is 0 Å². The highest BCUT2D eigenvalue weighted by Gasteiger charge is 2.37. The van der Waals surface area contributed by atoms with Gasteiger partial charge >= 0.3 is 6.09 Å². The van der Waals surface area contributed by atoms with Crippen LogP contribution in [0.5, 0.6) is 0 Å². The molecule has 0 saturated heterocycles. The molecule has 0 fully saturated rings. The van der Waals surface area contributed by atoms with Crippen LogP contribution < -0.4 is 5.32 Å². The number of alkyl carbamates (subject to hydrolysis) is 1. The highest BCUT2D eigenvalue weighted by atomic mass is 28.4. The average molecular weight is 348 g/mol. The largest absolute Gasteiger partial charge is 0.444 e. The summed E-state index contributed by atoms with van der Waals surface area (Å²) in [7, 11) is -1.85. The van der Waals surface area contributed by atoms with Crippen molar-refractivity contribution in [3.05, 3.63) is 0 Å². The molecule has 0 rings (SSSR count). The Balaban J connectivity index is 4.66. The molecule has 0 aliphatic heterocycles. The molecule has 0 spiro atoms. The van der Waals surface area contributed by atoms with E-state index < -0.39 is 20.0 Å². The molecule has 0 radical (unpaired) electrons. The lowest BCUT2D eigenvalue weighted by Gasteiger charge is -2.37. The Morgan fingerprint density at radius 1 is 1.13 bits per heavy atom. The third-order valence-corrected chi connectivity index (χ3v) is 8.63. The van der Waals surface area contributed by atoms with Crippen LogP contribution in [-0.4, -0.2) is 44.4 Å². The summed E-state index contributed by atoms with van der Waals surface area (Å²) in [6, 6.07) is -0.0921. The van der Waals surface area contributed by atoms with Crippen LogP contribution in [0.1, 0.15) is 60.8 Å². The average Bonchev–Trinajstić information content (AvgIpc) is 2.32. The molecule has 0 aliphatic carbocycles. The summed E-state index contributed by atoms with van der Waals surface area (Å²) in [5, 5.41) is 12.0. The number of ether oxygens (including phenoxy) is 1. The predicted octanol–water partition coefficient (Wildman–Crippen LogP) is 4.06. The number of unbranched alkanes of at least 4 members (excludes halogenated alkanes) is 1. The lowest BCUT2D eigenvalue weighted by molar-refractivity contribution is 0.0480. The molecule has 0 bridgehead atoms. The van der Waals surface area contributed by atoms with Gasteiger partial charge in [-0.3, -0.25) is 0 Å². The molecular weight excluding hydrogens is 310 g/mol. The van der Waals surface area contributed by atoms with Gasteiger partial charge in [0, 0.05) is 6.61 Å². The molecule has 2 N–H and O–H groups in total. The number of rotatable bonds is 8. The first-order valence-corrected chi connectivity index (χ1v) is 11.4.